The van der Waals surface area contributed by atoms with E-state index >= 15 is 0 Å². The van der Waals surface area contributed by atoms with Gasteiger partial charge in [-0.25, -0.2) is 9.48 Å². The minimum atomic E-state index is -1.24. The first-order valence-electron chi connectivity index (χ1n) is 7.61. The van der Waals surface area contributed by atoms with Crippen molar-refractivity contribution in [2.45, 2.75) is 13.0 Å². The first-order chi connectivity index (χ1) is 12.7. The summed E-state index contributed by atoms with van der Waals surface area (Å²) in [6, 6.07) is 6.00. The SMILES string of the molecule is COc1ccc([N+](=O)[O-])cc1NC(=O)C(C)OC(=O)c1ccc(=O)n(C)n1. The number of nitrogens with zero attached hydrogens (tertiary/aromatic N) is 3. The minimum Gasteiger partial charge on any atom is -0.495 e. The van der Waals surface area contributed by atoms with Crippen LogP contribution in [0.5, 0.6) is 5.75 Å². The van der Waals surface area contributed by atoms with Gasteiger partial charge < -0.3 is 14.8 Å². The zero-order valence-electron chi connectivity index (χ0n) is 14.7. The average molecular weight is 376 g/mol. The molecule has 1 aromatic heterocycles. The van der Waals surface area contributed by atoms with E-state index in [1.54, 1.807) is 0 Å². The molecule has 1 aromatic carbocycles. The number of rotatable bonds is 6. The maximum absolute atomic E-state index is 12.3. The van der Waals surface area contributed by atoms with Gasteiger partial charge in [-0.1, -0.05) is 0 Å². The first kappa shape index (κ1) is 19.6. The highest BCUT2D eigenvalue weighted by atomic mass is 16.6. The Morgan fingerprint density at radius 1 is 1.30 bits per heavy atom. The van der Waals surface area contributed by atoms with Crippen LogP contribution in [0.25, 0.3) is 0 Å². The van der Waals surface area contributed by atoms with Gasteiger partial charge in [-0.15, -0.1) is 0 Å². The number of hydrogen-bond acceptors (Lipinski definition) is 8. The van der Waals surface area contributed by atoms with Crippen molar-refractivity contribution < 1.29 is 24.0 Å². The van der Waals surface area contributed by atoms with E-state index in [1.165, 1.54) is 39.3 Å². The van der Waals surface area contributed by atoms with E-state index in [0.29, 0.717) is 0 Å². The van der Waals surface area contributed by atoms with Gasteiger partial charge in [0, 0.05) is 25.2 Å². The fourth-order valence-electron chi connectivity index (χ4n) is 2.03. The summed E-state index contributed by atoms with van der Waals surface area (Å²) in [6.07, 6.45) is -1.24. The molecule has 1 N–H and O–H groups in total. The van der Waals surface area contributed by atoms with Crippen LogP contribution in [0.1, 0.15) is 17.4 Å². The number of benzene rings is 1. The zero-order chi connectivity index (χ0) is 20.1. The lowest BCUT2D eigenvalue weighted by Gasteiger charge is -2.15. The van der Waals surface area contributed by atoms with Gasteiger partial charge in [0.1, 0.15) is 5.75 Å². The summed E-state index contributed by atoms with van der Waals surface area (Å²) in [5.41, 5.74) is -0.746. The lowest BCUT2D eigenvalue weighted by Crippen LogP contribution is -2.31. The lowest BCUT2D eigenvalue weighted by molar-refractivity contribution is -0.384. The summed E-state index contributed by atoms with van der Waals surface area (Å²) in [6.45, 7) is 1.32. The van der Waals surface area contributed by atoms with Crippen LogP contribution in [0, 0.1) is 10.1 Å². The van der Waals surface area contributed by atoms with Crippen molar-refractivity contribution in [1.82, 2.24) is 9.78 Å². The third kappa shape index (κ3) is 4.66. The molecule has 142 valence electrons. The predicted octanol–water partition coefficient (Wildman–Crippen LogP) is 0.881. The standard InChI is InChI=1S/C16H16N4O7/c1-9(27-16(23)11-5-7-14(21)19(2)18-11)15(22)17-12-8-10(20(24)25)4-6-13(12)26-3/h4-9H,1-3H3,(H,17,22). The van der Waals surface area contributed by atoms with E-state index in [2.05, 4.69) is 10.4 Å². The van der Waals surface area contributed by atoms with Crippen LogP contribution in [-0.2, 0) is 16.6 Å². The number of carbonyl (C=O) groups is 2. The monoisotopic (exact) mass is 376 g/mol. The third-order valence-electron chi connectivity index (χ3n) is 3.47. The Labute approximate surface area is 152 Å². The van der Waals surface area contributed by atoms with Crippen LogP contribution in [0.4, 0.5) is 11.4 Å². The molecule has 0 saturated carbocycles. The van der Waals surface area contributed by atoms with E-state index in [4.69, 9.17) is 9.47 Å². The molecule has 1 heterocycles. The van der Waals surface area contributed by atoms with Crippen LogP contribution in [0.3, 0.4) is 0 Å². The predicted molar refractivity (Wildman–Crippen MR) is 92.6 cm³/mol. The Morgan fingerprint density at radius 2 is 2.00 bits per heavy atom. The molecule has 0 aliphatic carbocycles. The lowest BCUT2D eigenvalue weighted by atomic mass is 10.2. The number of nitro groups is 1. The Kier molecular flexibility index (Phi) is 5.85. The molecule has 0 spiro atoms. The number of non-ortho nitro benzene ring substituents is 1. The van der Waals surface area contributed by atoms with Gasteiger partial charge in [0.25, 0.3) is 17.2 Å². The third-order valence-corrected chi connectivity index (χ3v) is 3.47. The van der Waals surface area contributed by atoms with Gasteiger partial charge in [-0.2, -0.15) is 5.10 Å². The minimum absolute atomic E-state index is 0.0554. The van der Waals surface area contributed by atoms with Crippen molar-refractivity contribution in [3.05, 3.63) is 56.5 Å². The zero-order valence-corrected chi connectivity index (χ0v) is 14.7. The van der Waals surface area contributed by atoms with E-state index in [9.17, 15) is 24.5 Å². The molecule has 11 nitrogen and oxygen atoms in total. The highest BCUT2D eigenvalue weighted by Gasteiger charge is 2.22. The quantitative estimate of drug-likeness (QED) is 0.445. The van der Waals surface area contributed by atoms with Crippen LogP contribution in [0.15, 0.2) is 35.1 Å². The van der Waals surface area contributed by atoms with Crippen molar-refractivity contribution >= 4 is 23.3 Å². The number of aromatic nitrogens is 2. The smallest absolute Gasteiger partial charge is 0.359 e. The number of esters is 1. The fraction of sp³-hybridized carbons (Fsp3) is 0.250. The number of nitro benzene ring substituents is 1. The fourth-order valence-corrected chi connectivity index (χ4v) is 2.03. The first-order valence-corrected chi connectivity index (χ1v) is 7.61. The number of nitrogens with one attached hydrogen (secondary N) is 1. The second kappa shape index (κ2) is 8.08. The molecular formula is C16H16N4O7. The number of aryl methyl sites for hydroxylation is 1. The van der Waals surface area contributed by atoms with Crippen molar-refractivity contribution in [3.63, 3.8) is 0 Å². The van der Waals surface area contributed by atoms with E-state index < -0.39 is 28.5 Å². The van der Waals surface area contributed by atoms with Crippen molar-refractivity contribution in [2.24, 2.45) is 7.05 Å². The molecule has 0 radical (unpaired) electrons. The average Bonchev–Trinajstić information content (AvgIpc) is 2.63. The van der Waals surface area contributed by atoms with Gasteiger partial charge in [0.05, 0.1) is 17.7 Å². The highest BCUT2D eigenvalue weighted by molar-refractivity contribution is 5.98. The van der Waals surface area contributed by atoms with Gasteiger partial charge >= 0.3 is 5.97 Å². The molecule has 11 heteroatoms. The number of hydrogen-bond donors (Lipinski definition) is 1. The van der Waals surface area contributed by atoms with E-state index in [1.807, 2.05) is 0 Å². The molecule has 0 aliphatic rings. The molecule has 2 aromatic rings. The van der Waals surface area contributed by atoms with Gasteiger partial charge in [-0.05, 0) is 19.1 Å². The number of anilines is 1. The molecule has 1 amide bonds. The van der Waals surface area contributed by atoms with E-state index in [0.717, 1.165) is 16.8 Å². The Balaban J connectivity index is 2.12. The molecule has 0 saturated heterocycles. The molecule has 2 rings (SSSR count). The Bertz CT molecular complexity index is 954. The number of amides is 1. The molecule has 1 unspecified atom stereocenters. The van der Waals surface area contributed by atoms with E-state index in [-0.39, 0.29) is 22.8 Å². The van der Waals surface area contributed by atoms with Crippen molar-refractivity contribution in [2.75, 3.05) is 12.4 Å². The summed E-state index contributed by atoms with van der Waals surface area (Å²) >= 11 is 0. The molecule has 0 fully saturated rings. The van der Waals surface area contributed by atoms with Crippen LogP contribution < -0.4 is 15.6 Å². The number of carbonyl (C=O) groups excluding carboxylic acids is 2. The Hall–Kier alpha value is -3.76. The van der Waals surface area contributed by atoms with Crippen molar-refractivity contribution in [3.8, 4) is 5.75 Å². The summed E-state index contributed by atoms with van der Waals surface area (Å²) in [5, 5.41) is 17.0. The van der Waals surface area contributed by atoms with Gasteiger partial charge in [-0.3, -0.25) is 19.7 Å². The topological polar surface area (TPSA) is 143 Å². The van der Waals surface area contributed by atoms with Gasteiger partial charge in [0.15, 0.2) is 11.8 Å². The second-order valence-corrected chi connectivity index (χ2v) is 5.36. The Morgan fingerprint density at radius 3 is 2.59 bits per heavy atom. The maximum atomic E-state index is 12.3. The number of ether oxygens (including phenoxy) is 2. The maximum Gasteiger partial charge on any atom is 0.359 e. The molecule has 27 heavy (non-hydrogen) atoms. The van der Waals surface area contributed by atoms with Crippen LogP contribution in [-0.4, -0.2) is 39.8 Å². The summed E-state index contributed by atoms with van der Waals surface area (Å²) in [5.74, 6) is -1.43. The molecular weight excluding hydrogens is 360 g/mol. The molecule has 0 bridgehead atoms. The number of methoxy groups -OCH3 is 1. The van der Waals surface area contributed by atoms with Crippen LogP contribution >= 0.6 is 0 Å². The van der Waals surface area contributed by atoms with Crippen LogP contribution in [0.2, 0.25) is 0 Å². The largest absolute Gasteiger partial charge is 0.495 e. The summed E-state index contributed by atoms with van der Waals surface area (Å²) < 4.78 is 11.0. The summed E-state index contributed by atoms with van der Waals surface area (Å²) in [7, 11) is 2.70. The van der Waals surface area contributed by atoms with Gasteiger partial charge in [0.2, 0.25) is 0 Å². The molecule has 0 aliphatic heterocycles. The second-order valence-electron chi connectivity index (χ2n) is 5.36. The highest BCUT2D eigenvalue weighted by Crippen LogP contribution is 2.29. The molecule has 1 atom stereocenters. The summed E-state index contributed by atoms with van der Waals surface area (Å²) in [4.78, 5) is 45.9. The normalized spacial score (nSPS) is 11.4. The van der Waals surface area contributed by atoms with Crippen molar-refractivity contribution in [1.29, 1.82) is 0 Å².